The molecule has 1 aliphatic heterocycles. The molecule has 1 atom stereocenters. The lowest BCUT2D eigenvalue weighted by Crippen LogP contribution is -2.50. The van der Waals surface area contributed by atoms with Crippen molar-refractivity contribution in [2.75, 3.05) is 32.7 Å². The van der Waals surface area contributed by atoms with Gasteiger partial charge in [0, 0.05) is 37.7 Å². The van der Waals surface area contributed by atoms with Crippen LogP contribution in [0.2, 0.25) is 5.02 Å². The number of hydrogen-bond donors (Lipinski definition) is 0. The Morgan fingerprint density at radius 1 is 0.971 bits per heavy atom. The summed E-state index contributed by atoms with van der Waals surface area (Å²) in [6, 6.07) is 22.3. The summed E-state index contributed by atoms with van der Waals surface area (Å²) >= 11 is 6.10. The van der Waals surface area contributed by atoms with Crippen molar-refractivity contribution in [3.8, 4) is 0 Å². The fourth-order valence-corrected chi connectivity index (χ4v) is 4.36. The van der Waals surface area contributed by atoms with Crippen LogP contribution in [0, 0.1) is 12.7 Å². The second-order valence-electron chi connectivity index (χ2n) is 8.82. The van der Waals surface area contributed by atoms with E-state index in [4.69, 9.17) is 16.3 Å². The molecule has 1 unspecified atom stereocenters. The predicted molar refractivity (Wildman–Crippen MR) is 133 cm³/mol. The number of benzene rings is 3. The molecule has 1 aliphatic rings. The Labute approximate surface area is 205 Å². The Kier molecular flexibility index (Phi) is 8.33. The molecular weight excluding hydrogens is 451 g/mol. The van der Waals surface area contributed by atoms with Crippen molar-refractivity contribution in [3.05, 3.63) is 106 Å². The van der Waals surface area contributed by atoms with Gasteiger partial charge in [-0.3, -0.25) is 9.69 Å². The minimum absolute atomic E-state index is 0.0798. The number of nitrogens with zero attached hydrogens (tertiary/aromatic N) is 2. The highest BCUT2D eigenvalue weighted by Crippen LogP contribution is 2.23. The van der Waals surface area contributed by atoms with Crippen molar-refractivity contribution in [3.63, 3.8) is 0 Å². The van der Waals surface area contributed by atoms with Crippen molar-refractivity contribution < 1.29 is 13.9 Å². The molecule has 6 heteroatoms. The van der Waals surface area contributed by atoms with Gasteiger partial charge in [0.25, 0.3) is 0 Å². The summed E-state index contributed by atoms with van der Waals surface area (Å²) in [6.45, 7) is 6.27. The predicted octanol–water partition coefficient (Wildman–Crippen LogP) is 5.43. The van der Waals surface area contributed by atoms with Crippen LogP contribution in [0.3, 0.4) is 0 Å². The zero-order valence-electron chi connectivity index (χ0n) is 19.4. The van der Waals surface area contributed by atoms with Gasteiger partial charge in [-0.25, -0.2) is 4.39 Å². The van der Waals surface area contributed by atoms with Crippen molar-refractivity contribution in [1.82, 2.24) is 9.80 Å². The highest BCUT2D eigenvalue weighted by molar-refractivity contribution is 6.30. The van der Waals surface area contributed by atoms with Crippen molar-refractivity contribution in [1.29, 1.82) is 0 Å². The summed E-state index contributed by atoms with van der Waals surface area (Å²) < 4.78 is 19.5. The SMILES string of the molecule is Cc1cccc(COC(CN2CCN(C(=O)Cc3ccc(F)cc3)CC2)c2ccc(Cl)cc2)c1. The molecule has 0 bridgehead atoms. The zero-order chi connectivity index (χ0) is 23.9. The Morgan fingerprint density at radius 2 is 1.68 bits per heavy atom. The van der Waals surface area contributed by atoms with Crippen molar-refractivity contribution >= 4 is 17.5 Å². The van der Waals surface area contributed by atoms with E-state index in [2.05, 4.69) is 30.0 Å². The molecule has 4 nitrogen and oxygen atoms in total. The highest BCUT2D eigenvalue weighted by Gasteiger charge is 2.24. The molecule has 3 aromatic carbocycles. The van der Waals surface area contributed by atoms with Crippen LogP contribution in [0.5, 0.6) is 0 Å². The van der Waals surface area contributed by atoms with Crippen LogP contribution in [-0.4, -0.2) is 48.4 Å². The molecule has 1 heterocycles. The number of hydrogen-bond acceptors (Lipinski definition) is 3. The molecule has 34 heavy (non-hydrogen) atoms. The van der Waals surface area contributed by atoms with Crippen LogP contribution >= 0.6 is 11.6 Å². The molecule has 0 saturated carbocycles. The standard InChI is InChI=1S/C28H30ClFN2O2/c1-21-3-2-4-23(17-21)20-34-27(24-7-9-25(29)10-8-24)19-31-13-15-32(16-14-31)28(33)18-22-5-11-26(30)12-6-22/h2-12,17,27H,13-16,18-20H2,1H3. The van der Waals surface area contributed by atoms with E-state index < -0.39 is 0 Å². The summed E-state index contributed by atoms with van der Waals surface area (Å²) in [5.41, 5.74) is 4.29. The van der Waals surface area contributed by atoms with Gasteiger partial charge >= 0.3 is 0 Å². The Hall–Kier alpha value is -2.73. The first-order valence-corrected chi connectivity index (χ1v) is 12.0. The molecule has 4 rings (SSSR count). The fourth-order valence-electron chi connectivity index (χ4n) is 4.23. The molecular formula is C28H30ClFN2O2. The van der Waals surface area contributed by atoms with E-state index in [1.54, 1.807) is 12.1 Å². The van der Waals surface area contributed by atoms with Crippen LogP contribution in [0.1, 0.15) is 28.4 Å². The normalized spacial score (nSPS) is 15.3. The summed E-state index contributed by atoms with van der Waals surface area (Å²) in [6.07, 6.45) is 0.201. The van der Waals surface area contributed by atoms with Crippen LogP contribution in [0.4, 0.5) is 4.39 Å². The van der Waals surface area contributed by atoms with Gasteiger partial charge in [-0.05, 0) is 47.9 Å². The van der Waals surface area contributed by atoms with Gasteiger partial charge in [0.05, 0.1) is 19.1 Å². The maximum atomic E-state index is 13.1. The van der Waals surface area contributed by atoms with Gasteiger partial charge in [0.2, 0.25) is 5.91 Å². The topological polar surface area (TPSA) is 32.8 Å². The Balaban J connectivity index is 1.34. The molecule has 0 N–H and O–H groups in total. The van der Waals surface area contributed by atoms with Gasteiger partial charge in [0.1, 0.15) is 5.82 Å². The maximum Gasteiger partial charge on any atom is 0.227 e. The van der Waals surface area contributed by atoms with E-state index in [1.807, 2.05) is 35.2 Å². The van der Waals surface area contributed by atoms with Gasteiger partial charge in [-0.1, -0.05) is 65.7 Å². The molecule has 178 valence electrons. The van der Waals surface area contributed by atoms with Gasteiger partial charge < -0.3 is 9.64 Å². The lowest BCUT2D eigenvalue weighted by Gasteiger charge is -2.36. The second kappa shape index (κ2) is 11.6. The maximum absolute atomic E-state index is 13.1. The average molecular weight is 481 g/mol. The van der Waals surface area contributed by atoms with E-state index in [9.17, 15) is 9.18 Å². The molecule has 0 aliphatic carbocycles. The monoisotopic (exact) mass is 480 g/mol. The minimum Gasteiger partial charge on any atom is -0.368 e. The van der Waals surface area contributed by atoms with E-state index in [0.717, 1.165) is 36.3 Å². The summed E-state index contributed by atoms with van der Waals surface area (Å²) in [5.74, 6) is -0.208. The number of carbonyl (C=O) groups excluding carboxylic acids is 1. The van der Waals surface area contributed by atoms with Crippen LogP contribution in [0.25, 0.3) is 0 Å². The molecule has 0 spiro atoms. The number of amides is 1. The zero-order valence-corrected chi connectivity index (χ0v) is 20.2. The molecule has 3 aromatic rings. The smallest absolute Gasteiger partial charge is 0.227 e. The number of piperazine rings is 1. The number of halogens is 2. The van der Waals surface area contributed by atoms with E-state index in [1.165, 1.54) is 17.7 Å². The third kappa shape index (κ3) is 6.89. The number of carbonyl (C=O) groups is 1. The lowest BCUT2D eigenvalue weighted by atomic mass is 10.1. The van der Waals surface area contributed by atoms with Gasteiger partial charge in [-0.2, -0.15) is 0 Å². The minimum atomic E-state index is -0.287. The van der Waals surface area contributed by atoms with Crippen LogP contribution in [0.15, 0.2) is 72.8 Å². The number of ether oxygens (including phenoxy) is 1. The summed E-state index contributed by atoms with van der Waals surface area (Å²) in [5, 5.41) is 0.703. The first-order valence-electron chi connectivity index (χ1n) is 11.6. The Morgan fingerprint density at radius 3 is 2.35 bits per heavy atom. The first kappa shape index (κ1) is 24.4. The van der Waals surface area contributed by atoms with E-state index in [0.29, 0.717) is 31.1 Å². The molecule has 0 aromatic heterocycles. The molecule has 1 saturated heterocycles. The van der Waals surface area contributed by atoms with Gasteiger partial charge in [0.15, 0.2) is 0 Å². The molecule has 1 fully saturated rings. The van der Waals surface area contributed by atoms with E-state index >= 15 is 0 Å². The molecule has 0 radical (unpaired) electrons. The average Bonchev–Trinajstić information content (AvgIpc) is 2.84. The second-order valence-corrected chi connectivity index (χ2v) is 9.26. The van der Waals surface area contributed by atoms with Crippen LogP contribution in [-0.2, 0) is 22.6 Å². The third-order valence-electron chi connectivity index (χ3n) is 6.19. The van der Waals surface area contributed by atoms with Crippen molar-refractivity contribution in [2.45, 2.75) is 26.1 Å². The van der Waals surface area contributed by atoms with Gasteiger partial charge in [-0.15, -0.1) is 0 Å². The number of rotatable bonds is 8. The quantitative estimate of drug-likeness (QED) is 0.431. The highest BCUT2D eigenvalue weighted by atomic mass is 35.5. The number of aryl methyl sites for hydroxylation is 1. The van der Waals surface area contributed by atoms with Crippen molar-refractivity contribution in [2.24, 2.45) is 0 Å². The summed E-state index contributed by atoms with van der Waals surface area (Å²) in [4.78, 5) is 16.9. The summed E-state index contributed by atoms with van der Waals surface area (Å²) in [7, 11) is 0. The first-order chi connectivity index (χ1) is 16.5. The molecule has 1 amide bonds. The Bertz CT molecular complexity index is 1080. The van der Waals surface area contributed by atoms with E-state index in [-0.39, 0.29) is 17.8 Å². The largest absolute Gasteiger partial charge is 0.368 e. The van der Waals surface area contributed by atoms with Crippen LogP contribution < -0.4 is 0 Å². The fraction of sp³-hybridized carbons (Fsp3) is 0.321. The lowest BCUT2D eigenvalue weighted by molar-refractivity contribution is -0.132. The third-order valence-corrected chi connectivity index (χ3v) is 6.45.